The van der Waals surface area contributed by atoms with E-state index in [2.05, 4.69) is 10.3 Å². The molecule has 1 aromatic heterocycles. The number of alkyl carbamates (subject to hydrolysis) is 1. The molecule has 6 heteroatoms. The Labute approximate surface area is 117 Å². The Bertz CT molecular complexity index is 518. The third-order valence-corrected chi connectivity index (χ3v) is 2.14. The van der Waals surface area contributed by atoms with Crippen LogP contribution in [0.4, 0.5) is 4.79 Å². The first-order valence-electron chi connectivity index (χ1n) is 6.10. The van der Waals surface area contributed by atoms with Crippen molar-refractivity contribution in [2.24, 2.45) is 0 Å². The van der Waals surface area contributed by atoms with Gasteiger partial charge in [0.1, 0.15) is 5.60 Å². The summed E-state index contributed by atoms with van der Waals surface area (Å²) in [4.78, 5) is 26.2. The topological polar surface area (TPSA) is 88.5 Å². The second kappa shape index (κ2) is 6.70. The SMILES string of the molecule is CC(C)(C)OC(=O)NCC=Cc1cnccc1C(=O)O. The van der Waals surface area contributed by atoms with Crippen LogP contribution in [0.2, 0.25) is 0 Å². The number of carbonyl (C=O) groups is 2. The highest BCUT2D eigenvalue weighted by Gasteiger charge is 2.15. The van der Waals surface area contributed by atoms with E-state index >= 15 is 0 Å². The van der Waals surface area contributed by atoms with E-state index < -0.39 is 17.7 Å². The van der Waals surface area contributed by atoms with Gasteiger partial charge in [-0.1, -0.05) is 12.2 Å². The Hall–Kier alpha value is -2.37. The lowest BCUT2D eigenvalue weighted by Gasteiger charge is -2.19. The van der Waals surface area contributed by atoms with Crippen LogP contribution in [0.5, 0.6) is 0 Å². The minimum atomic E-state index is -1.02. The van der Waals surface area contributed by atoms with Gasteiger partial charge in [-0.25, -0.2) is 9.59 Å². The summed E-state index contributed by atoms with van der Waals surface area (Å²) in [6, 6.07) is 1.42. The van der Waals surface area contributed by atoms with Crippen molar-refractivity contribution in [2.45, 2.75) is 26.4 Å². The molecule has 0 aliphatic heterocycles. The second-order valence-corrected chi connectivity index (χ2v) is 5.05. The van der Waals surface area contributed by atoms with Crippen molar-refractivity contribution in [3.05, 3.63) is 35.7 Å². The van der Waals surface area contributed by atoms with Gasteiger partial charge in [-0.05, 0) is 26.8 Å². The maximum absolute atomic E-state index is 11.4. The summed E-state index contributed by atoms with van der Waals surface area (Å²) >= 11 is 0. The van der Waals surface area contributed by atoms with Gasteiger partial charge in [0.25, 0.3) is 0 Å². The van der Waals surface area contributed by atoms with Crippen LogP contribution in [0.15, 0.2) is 24.5 Å². The highest BCUT2D eigenvalue weighted by atomic mass is 16.6. The number of carboxylic acid groups (broad SMARTS) is 1. The fraction of sp³-hybridized carbons (Fsp3) is 0.357. The largest absolute Gasteiger partial charge is 0.478 e. The maximum Gasteiger partial charge on any atom is 0.407 e. The molecule has 0 aliphatic carbocycles. The van der Waals surface area contributed by atoms with Crippen molar-refractivity contribution in [3.63, 3.8) is 0 Å². The Balaban J connectivity index is 2.54. The average molecular weight is 278 g/mol. The van der Waals surface area contributed by atoms with Crippen LogP contribution < -0.4 is 5.32 Å². The number of pyridine rings is 1. The van der Waals surface area contributed by atoms with E-state index in [0.29, 0.717) is 5.56 Å². The molecule has 0 saturated heterocycles. The molecule has 0 saturated carbocycles. The van der Waals surface area contributed by atoms with Crippen molar-refractivity contribution in [2.75, 3.05) is 6.54 Å². The number of rotatable bonds is 4. The predicted octanol–water partition coefficient (Wildman–Crippen LogP) is 2.32. The zero-order chi connectivity index (χ0) is 15.2. The van der Waals surface area contributed by atoms with Gasteiger partial charge in [0.2, 0.25) is 0 Å². The number of nitrogens with one attached hydrogen (secondary N) is 1. The Kier molecular flexibility index (Phi) is 5.25. The van der Waals surface area contributed by atoms with Crippen LogP contribution in [0.1, 0.15) is 36.7 Å². The van der Waals surface area contributed by atoms with Crippen LogP contribution in [-0.4, -0.2) is 34.3 Å². The molecule has 0 aliphatic rings. The van der Waals surface area contributed by atoms with E-state index in [1.807, 2.05) is 0 Å². The van der Waals surface area contributed by atoms with E-state index in [0.717, 1.165) is 0 Å². The van der Waals surface area contributed by atoms with E-state index in [4.69, 9.17) is 9.84 Å². The summed E-state index contributed by atoms with van der Waals surface area (Å²) in [6.07, 6.45) is 5.57. The summed E-state index contributed by atoms with van der Waals surface area (Å²) in [6.45, 7) is 5.56. The smallest absolute Gasteiger partial charge is 0.407 e. The number of ether oxygens (including phenoxy) is 1. The number of aromatic nitrogens is 1. The summed E-state index contributed by atoms with van der Waals surface area (Å²) in [5.74, 6) is -1.02. The van der Waals surface area contributed by atoms with Crippen LogP contribution in [0.25, 0.3) is 6.08 Å². The third-order valence-electron chi connectivity index (χ3n) is 2.14. The standard InChI is InChI=1S/C14H18N2O4/c1-14(2,3)20-13(19)16-7-4-5-10-9-15-8-6-11(10)12(17)18/h4-6,8-9H,7H2,1-3H3,(H,16,19)(H,17,18). The number of carboxylic acids is 1. The van der Waals surface area contributed by atoms with E-state index in [1.165, 1.54) is 18.5 Å². The lowest BCUT2D eigenvalue weighted by atomic mass is 10.1. The van der Waals surface area contributed by atoms with Crippen molar-refractivity contribution in [1.82, 2.24) is 10.3 Å². The van der Waals surface area contributed by atoms with Gasteiger partial charge in [0, 0.05) is 24.5 Å². The van der Waals surface area contributed by atoms with Crippen LogP contribution in [-0.2, 0) is 4.74 Å². The molecule has 108 valence electrons. The Morgan fingerprint density at radius 2 is 2.15 bits per heavy atom. The average Bonchev–Trinajstić information content (AvgIpc) is 2.33. The molecule has 0 spiro atoms. The minimum absolute atomic E-state index is 0.161. The molecule has 1 rings (SSSR count). The van der Waals surface area contributed by atoms with Gasteiger partial charge in [0.15, 0.2) is 0 Å². The summed E-state index contributed by atoms with van der Waals surface area (Å²) in [5, 5.41) is 11.5. The summed E-state index contributed by atoms with van der Waals surface area (Å²) < 4.78 is 5.06. The monoisotopic (exact) mass is 278 g/mol. The number of hydrogen-bond acceptors (Lipinski definition) is 4. The van der Waals surface area contributed by atoms with Crippen molar-refractivity contribution in [1.29, 1.82) is 0 Å². The number of hydrogen-bond donors (Lipinski definition) is 2. The van der Waals surface area contributed by atoms with E-state index in [1.54, 1.807) is 32.9 Å². The Morgan fingerprint density at radius 1 is 1.45 bits per heavy atom. The third kappa shape index (κ3) is 5.51. The molecule has 0 atom stereocenters. The first-order chi connectivity index (χ1) is 9.29. The fourth-order valence-corrected chi connectivity index (χ4v) is 1.38. The molecule has 1 amide bonds. The second-order valence-electron chi connectivity index (χ2n) is 5.05. The Morgan fingerprint density at radius 3 is 2.75 bits per heavy atom. The molecular weight excluding hydrogens is 260 g/mol. The van der Waals surface area contributed by atoms with Crippen molar-refractivity contribution < 1.29 is 19.4 Å². The molecule has 6 nitrogen and oxygen atoms in total. The highest BCUT2D eigenvalue weighted by Crippen LogP contribution is 2.09. The van der Waals surface area contributed by atoms with Crippen molar-refractivity contribution >= 4 is 18.1 Å². The van der Waals surface area contributed by atoms with Gasteiger partial charge in [0.05, 0.1) is 5.56 Å². The lowest BCUT2D eigenvalue weighted by Crippen LogP contribution is -2.32. The van der Waals surface area contributed by atoms with Gasteiger partial charge >= 0.3 is 12.1 Å². The molecule has 0 fully saturated rings. The van der Waals surface area contributed by atoms with Crippen LogP contribution in [0, 0.1) is 0 Å². The number of nitrogens with zero attached hydrogens (tertiary/aromatic N) is 1. The summed E-state index contributed by atoms with van der Waals surface area (Å²) in [7, 11) is 0. The minimum Gasteiger partial charge on any atom is -0.478 e. The van der Waals surface area contributed by atoms with E-state index in [9.17, 15) is 9.59 Å². The first kappa shape index (κ1) is 15.7. The van der Waals surface area contributed by atoms with E-state index in [-0.39, 0.29) is 12.1 Å². The number of amides is 1. The van der Waals surface area contributed by atoms with Crippen molar-refractivity contribution in [3.8, 4) is 0 Å². The molecular formula is C14H18N2O4. The summed E-state index contributed by atoms with van der Waals surface area (Å²) in [5.41, 5.74) is 0.0904. The molecule has 0 bridgehead atoms. The lowest BCUT2D eigenvalue weighted by molar-refractivity contribution is 0.0533. The molecule has 20 heavy (non-hydrogen) atoms. The van der Waals surface area contributed by atoms with Gasteiger partial charge in [-0.3, -0.25) is 4.98 Å². The molecule has 0 radical (unpaired) electrons. The molecule has 0 aromatic carbocycles. The maximum atomic E-state index is 11.4. The molecule has 1 aromatic rings. The van der Waals surface area contributed by atoms with Crippen LogP contribution in [0.3, 0.4) is 0 Å². The zero-order valence-corrected chi connectivity index (χ0v) is 11.7. The quantitative estimate of drug-likeness (QED) is 0.882. The van der Waals surface area contributed by atoms with Gasteiger partial charge in [-0.2, -0.15) is 0 Å². The number of carbonyl (C=O) groups excluding carboxylic acids is 1. The highest BCUT2D eigenvalue weighted by molar-refractivity contribution is 5.91. The molecule has 1 heterocycles. The first-order valence-corrected chi connectivity index (χ1v) is 6.10. The van der Waals surface area contributed by atoms with Crippen LogP contribution >= 0.6 is 0 Å². The fourth-order valence-electron chi connectivity index (χ4n) is 1.38. The zero-order valence-electron chi connectivity index (χ0n) is 11.7. The van der Waals surface area contributed by atoms with Gasteiger partial charge in [-0.15, -0.1) is 0 Å². The molecule has 2 N–H and O–H groups in total. The van der Waals surface area contributed by atoms with Gasteiger partial charge < -0.3 is 15.2 Å². The molecule has 0 unspecified atom stereocenters. The predicted molar refractivity (Wildman–Crippen MR) is 74.5 cm³/mol. The number of aromatic carboxylic acids is 1. The normalized spacial score (nSPS) is 11.3.